The molecule has 0 spiro atoms. The number of nitrogens with one attached hydrogen (secondary N) is 1. The van der Waals surface area contributed by atoms with Crippen LogP contribution in [0.3, 0.4) is 0 Å². The number of carboxylic acids is 1. The van der Waals surface area contributed by atoms with Crippen molar-refractivity contribution < 1.29 is 19.6 Å². The number of hydrogen-bond acceptors (Lipinski definition) is 4. The van der Waals surface area contributed by atoms with E-state index in [-0.39, 0.29) is 22.7 Å². The number of nitro benzene ring substituents is 1. The summed E-state index contributed by atoms with van der Waals surface area (Å²) in [5.41, 5.74) is 0.206. The minimum absolute atomic E-state index is 0.0459. The Labute approximate surface area is 114 Å². The minimum atomic E-state index is -1.08. The molecule has 2 rings (SSSR count). The first-order valence-corrected chi connectivity index (χ1v) is 6.19. The molecule has 0 aliphatic heterocycles. The lowest BCUT2D eigenvalue weighted by Gasteiger charge is -2.14. The van der Waals surface area contributed by atoms with Crippen molar-refractivity contribution in [2.45, 2.75) is 25.8 Å². The fourth-order valence-corrected chi connectivity index (χ4v) is 2.10. The number of carboxylic acid groups (broad SMARTS) is 1. The van der Waals surface area contributed by atoms with E-state index in [2.05, 4.69) is 5.32 Å². The Kier molecular flexibility index (Phi) is 3.69. The lowest BCUT2D eigenvalue weighted by atomic mass is 10.1. The molecule has 20 heavy (non-hydrogen) atoms. The molecule has 0 bridgehead atoms. The number of aliphatic carboxylic acids is 1. The summed E-state index contributed by atoms with van der Waals surface area (Å²) in [5, 5.41) is 22.3. The van der Waals surface area contributed by atoms with Gasteiger partial charge in [-0.1, -0.05) is 6.07 Å². The van der Waals surface area contributed by atoms with Gasteiger partial charge in [0.25, 0.3) is 11.6 Å². The third-order valence-corrected chi connectivity index (χ3v) is 3.39. The summed E-state index contributed by atoms with van der Waals surface area (Å²) < 4.78 is 0. The summed E-state index contributed by atoms with van der Waals surface area (Å²) in [6.07, 6.45) is 1.54. The Morgan fingerprint density at radius 3 is 2.60 bits per heavy atom. The highest BCUT2D eigenvalue weighted by Crippen LogP contribution is 2.33. The Morgan fingerprint density at radius 1 is 1.45 bits per heavy atom. The average Bonchev–Trinajstić information content (AvgIpc) is 3.19. The molecule has 106 valence electrons. The van der Waals surface area contributed by atoms with Crippen molar-refractivity contribution in [1.29, 1.82) is 0 Å². The normalized spacial score (nSPS) is 15.4. The zero-order chi connectivity index (χ0) is 14.9. The van der Waals surface area contributed by atoms with Crippen LogP contribution in [-0.4, -0.2) is 27.9 Å². The molecule has 7 heteroatoms. The quantitative estimate of drug-likeness (QED) is 0.626. The summed E-state index contributed by atoms with van der Waals surface area (Å²) in [6.45, 7) is 1.47. The molecule has 0 saturated heterocycles. The Bertz CT molecular complexity index is 580. The van der Waals surface area contributed by atoms with Gasteiger partial charge >= 0.3 is 5.97 Å². The smallest absolute Gasteiger partial charge is 0.326 e. The van der Waals surface area contributed by atoms with E-state index in [9.17, 15) is 19.7 Å². The number of rotatable bonds is 5. The summed E-state index contributed by atoms with van der Waals surface area (Å²) in [6, 6.07) is 3.24. The van der Waals surface area contributed by atoms with E-state index in [1.807, 2.05) is 0 Å². The summed E-state index contributed by atoms with van der Waals surface area (Å²) in [4.78, 5) is 33.4. The molecule has 1 unspecified atom stereocenters. The highest BCUT2D eigenvalue weighted by Gasteiger charge is 2.37. The van der Waals surface area contributed by atoms with Crippen molar-refractivity contribution in [2.75, 3.05) is 0 Å². The van der Waals surface area contributed by atoms with Crippen LogP contribution in [0.5, 0.6) is 0 Å². The SMILES string of the molecule is Cc1c(C(=O)NC(C(=O)O)C2CC2)cccc1[N+](=O)[O-]. The van der Waals surface area contributed by atoms with Gasteiger partial charge in [-0.25, -0.2) is 4.79 Å². The molecule has 1 aliphatic carbocycles. The third kappa shape index (κ3) is 2.76. The van der Waals surface area contributed by atoms with Crippen LogP contribution < -0.4 is 5.32 Å². The Hall–Kier alpha value is -2.44. The van der Waals surface area contributed by atoms with Gasteiger partial charge in [0.05, 0.1) is 4.92 Å². The van der Waals surface area contributed by atoms with Gasteiger partial charge in [-0.3, -0.25) is 14.9 Å². The Balaban J connectivity index is 2.23. The number of nitrogens with zero attached hydrogens (tertiary/aromatic N) is 1. The van der Waals surface area contributed by atoms with Crippen LogP contribution in [0.15, 0.2) is 18.2 Å². The standard InChI is InChI=1S/C13H14N2O5/c1-7-9(3-2-4-10(7)15(19)20)12(16)14-11(13(17)18)8-5-6-8/h2-4,8,11H,5-6H2,1H3,(H,14,16)(H,17,18). The van der Waals surface area contributed by atoms with Crippen molar-refractivity contribution >= 4 is 17.6 Å². The van der Waals surface area contributed by atoms with Crippen LogP contribution in [-0.2, 0) is 4.79 Å². The van der Waals surface area contributed by atoms with Gasteiger partial charge in [0.1, 0.15) is 6.04 Å². The van der Waals surface area contributed by atoms with E-state index >= 15 is 0 Å². The number of hydrogen-bond donors (Lipinski definition) is 2. The molecule has 1 aromatic rings. The van der Waals surface area contributed by atoms with Gasteiger partial charge < -0.3 is 10.4 Å². The fourth-order valence-electron chi connectivity index (χ4n) is 2.10. The van der Waals surface area contributed by atoms with Crippen LogP contribution in [0.4, 0.5) is 5.69 Å². The van der Waals surface area contributed by atoms with Gasteiger partial charge in [0.2, 0.25) is 0 Å². The summed E-state index contributed by atoms with van der Waals surface area (Å²) >= 11 is 0. The van der Waals surface area contributed by atoms with Crippen LogP contribution in [0.1, 0.15) is 28.8 Å². The number of carbonyl (C=O) groups is 2. The van der Waals surface area contributed by atoms with Crippen molar-refractivity contribution in [3.05, 3.63) is 39.4 Å². The Morgan fingerprint density at radius 2 is 2.10 bits per heavy atom. The van der Waals surface area contributed by atoms with Gasteiger partial charge in [0, 0.05) is 17.2 Å². The van der Waals surface area contributed by atoms with E-state index in [1.54, 1.807) is 0 Å². The highest BCUT2D eigenvalue weighted by molar-refractivity contribution is 5.98. The summed E-state index contributed by atoms with van der Waals surface area (Å²) in [5.74, 6) is -1.72. The number of benzene rings is 1. The van der Waals surface area contributed by atoms with E-state index in [4.69, 9.17) is 5.11 Å². The molecular weight excluding hydrogens is 264 g/mol. The molecule has 0 radical (unpaired) electrons. The van der Waals surface area contributed by atoms with E-state index < -0.39 is 22.8 Å². The average molecular weight is 278 g/mol. The maximum Gasteiger partial charge on any atom is 0.326 e. The molecule has 1 aromatic carbocycles. The number of nitro groups is 1. The van der Waals surface area contributed by atoms with E-state index in [0.717, 1.165) is 12.8 Å². The van der Waals surface area contributed by atoms with Gasteiger partial charge in [-0.05, 0) is 31.7 Å². The zero-order valence-electron chi connectivity index (χ0n) is 10.8. The first-order valence-electron chi connectivity index (χ1n) is 6.19. The zero-order valence-corrected chi connectivity index (χ0v) is 10.8. The topological polar surface area (TPSA) is 110 Å². The lowest BCUT2D eigenvalue weighted by molar-refractivity contribution is -0.385. The van der Waals surface area contributed by atoms with Crippen molar-refractivity contribution in [3.8, 4) is 0 Å². The van der Waals surface area contributed by atoms with Crippen molar-refractivity contribution in [3.63, 3.8) is 0 Å². The molecule has 1 fully saturated rings. The predicted octanol–water partition coefficient (Wildman–Crippen LogP) is 1.50. The number of amides is 1. The lowest BCUT2D eigenvalue weighted by Crippen LogP contribution is -2.42. The molecule has 0 aromatic heterocycles. The van der Waals surface area contributed by atoms with Crippen LogP contribution in [0.25, 0.3) is 0 Å². The van der Waals surface area contributed by atoms with Gasteiger partial charge in [-0.2, -0.15) is 0 Å². The van der Waals surface area contributed by atoms with Crippen LogP contribution >= 0.6 is 0 Å². The maximum absolute atomic E-state index is 12.1. The van der Waals surface area contributed by atoms with Gasteiger partial charge in [0.15, 0.2) is 0 Å². The molecule has 1 atom stereocenters. The summed E-state index contributed by atoms with van der Waals surface area (Å²) in [7, 11) is 0. The van der Waals surface area contributed by atoms with E-state index in [1.165, 1.54) is 25.1 Å². The first kappa shape index (κ1) is 14.0. The molecule has 7 nitrogen and oxygen atoms in total. The van der Waals surface area contributed by atoms with Crippen LogP contribution in [0.2, 0.25) is 0 Å². The second-order valence-corrected chi connectivity index (χ2v) is 4.83. The van der Waals surface area contributed by atoms with Crippen molar-refractivity contribution in [1.82, 2.24) is 5.32 Å². The minimum Gasteiger partial charge on any atom is -0.480 e. The monoisotopic (exact) mass is 278 g/mol. The van der Waals surface area contributed by atoms with Gasteiger partial charge in [-0.15, -0.1) is 0 Å². The highest BCUT2D eigenvalue weighted by atomic mass is 16.6. The molecule has 0 heterocycles. The second kappa shape index (κ2) is 5.28. The van der Waals surface area contributed by atoms with Crippen LogP contribution in [0, 0.1) is 23.0 Å². The second-order valence-electron chi connectivity index (χ2n) is 4.83. The molecular formula is C13H14N2O5. The molecule has 1 aliphatic rings. The molecule has 1 saturated carbocycles. The van der Waals surface area contributed by atoms with E-state index in [0.29, 0.717) is 0 Å². The maximum atomic E-state index is 12.1. The number of carbonyl (C=O) groups excluding carboxylic acids is 1. The molecule has 1 amide bonds. The third-order valence-electron chi connectivity index (χ3n) is 3.39. The molecule has 2 N–H and O–H groups in total. The largest absolute Gasteiger partial charge is 0.480 e. The predicted molar refractivity (Wildman–Crippen MR) is 69.4 cm³/mol. The fraction of sp³-hybridized carbons (Fsp3) is 0.385. The first-order chi connectivity index (χ1) is 9.41. The van der Waals surface area contributed by atoms with Crippen molar-refractivity contribution in [2.24, 2.45) is 5.92 Å².